The van der Waals surface area contributed by atoms with Crippen LogP contribution in [-0.2, 0) is 4.79 Å². The van der Waals surface area contributed by atoms with Gasteiger partial charge in [-0.3, -0.25) is 4.79 Å². The molecule has 2 nitrogen and oxygen atoms in total. The van der Waals surface area contributed by atoms with Crippen LogP contribution in [0.4, 0.5) is 0 Å². The topological polar surface area (TPSA) is 32.9 Å². The average molecular weight is 237 g/mol. The molecule has 18 heavy (non-hydrogen) atoms. The van der Waals surface area contributed by atoms with E-state index < -0.39 is 0 Å². The highest BCUT2D eigenvalue weighted by atomic mass is 16.1. The molecule has 0 saturated carbocycles. The van der Waals surface area contributed by atoms with E-state index in [0.717, 1.165) is 16.6 Å². The van der Waals surface area contributed by atoms with Gasteiger partial charge in [-0.15, -0.1) is 0 Å². The second kappa shape index (κ2) is 3.98. The van der Waals surface area contributed by atoms with Crippen LogP contribution >= 0.6 is 0 Å². The Balaban J connectivity index is 2.24. The van der Waals surface area contributed by atoms with Crippen molar-refractivity contribution >= 4 is 27.6 Å². The molecule has 1 atom stereocenters. The zero-order valence-electron chi connectivity index (χ0n) is 10.5. The number of carbonyl (C=O) groups is 1. The van der Waals surface area contributed by atoms with Crippen LogP contribution in [0, 0.1) is 0 Å². The molecule has 0 bridgehead atoms. The van der Waals surface area contributed by atoms with Crippen LogP contribution in [0.25, 0.3) is 21.8 Å². The van der Waals surface area contributed by atoms with Gasteiger partial charge in [-0.05, 0) is 24.6 Å². The Kier molecular flexibility index (Phi) is 2.44. The molecule has 1 aromatic heterocycles. The molecule has 0 aliphatic heterocycles. The molecule has 3 rings (SSSR count). The van der Waals surface area contributed by atoms with Crippen molar-refractivity contribution in [3.63, 3.8) is 0 Å². The minimum atomic E-state index is -0.0409. The van der Waals surface area contributed by atoms with Crippen LogP contribution in [0.3, 0.4) is 0 Å². The van der Waals surface area contributed by atoms with E-state index in [2.05, 4.69) is 35.3 Å². The fourth-order valence-electron chi connectivity index (χ4n) is 2.38. The standard InChI is InChI=1S/C16H15NO/c1-10(11(2)18)12-7-8-14-13-5-3-4-6-15(13)17-16(14)9-12/h3-10,17H,1-2H3. The van der Waals surface area contributed by atoms with Gasteiger partial charge in [0.25, 0.3) is 0 Å². The van der Waals surface area contributed by atoms with Crippen molar-refractivity contribution in [3.8, 4) is 0 Å². The van der Waals surface area contributed by atoms with E-state index >= 15 is 0 Å². The Labute approximate surface area is 106 Å². The lowest BCUT2D eigenvalue weighted by atomic mass is 9.96. The number of Topliss-reactive ketones (excluding diaryl/α,β-unsaturated/α-hetero) is 1. The smallest absolute Gasteiger partial charge is 0.136 e. The number of rotatable bonds is 2. The molecule has 0 radical (unpaired) electrons. The quantitative estimate of drug-likeness (QED) is 0.717. The lowest BCUT2D eigenvalue weighted by Crippen LogP contribution is -2.03. The minimum absolute atomic E-state index is 0.0409. The van der Waals surface area contributed by atoms with Crippen molar-refractivity contribution in [2.75, 3.05) is 0 Å². The van der Waals surface area contributed by atoms with Crippen molar-refractivity contribution in [2.24, 2.45) is 0 Å². The maximum Gasteiger partial charge on any atom is 0.136 e. The molecule has 0 aliphatic carbocycles. The SMILES string of the molecule is CC(=O)C(C)c1ccc2c(c1)[nH]c1ccccc12. The van der Waals surface area contributed by atoms with E-state index in [1.165, 1.54) is 10.8 Å². The third-order valence-corrected chi connectivity index (χ3v) is 3.64. The molecule has 3 aromatic rings. The van der Waals surface area contributed by atoms with Crippen LogP contribution in [0.15, 0.2) is 42.5 Å². The number of aromatic amines is 1. The van der Waals surface area contributed by atoms with Gasteiger partial charge in [-0.25, -0.2) is 0 Å². The summed E-state index contributed by atoms with van der Waals surface area (Å²) in [6, 6.07) is 14.5. The van der Waals surface area contributed by atoms with Crippen molar-refractivity contribution in [3.05, 3.63) is 48.0 Å². The first-order chi connectivity index (χ1) is 8.66. The third kappa shape index (κ3) is 1.61. The molecule has 0 fully saturated rings. The van der Waals surface area contributed by atoms with Crippen LogP contribution in [0.5, 0.6) is 0 Å². The monoisotopic (exact) mass is 237 g/mol. The number of carbonyl (C=O) groups excluding carboxylic acids is 1. The number of nitrogens with one attached hydrogen (secondary N) is 1. The summed E-state index contributed by atoms with van der Waals surface area (Å²) in [7, 11) is 0. The van der Waals surface area contributed by atoms with E-state index in [1.807, 2.05) is 19.1 Å². The zero-order chi connectivity index (χ0) is 12.7. The van der Waals surface area contributed by atoms with Crippen molar-refractivity contribution in [2.45, 2.75) is 19.8 Å². The highest BCUT2D eigenvalue weighted by molar-refractivity contribution is 6.07. The Morgan fingerprint density at radius 3 is 2.56 bits per heavy atom. The van der Waals surface area contributed by atoms with Crippen molar-refractivity contribution in [1.29, 1.82) is 0 Å². The lowest BCUT2D eigenvalue weighted by Gasteiger charge is -2.07. The summed E-state index contributed by atoms with van der Waals surface area (Å²) in [5.41, 5.74) is 3.31. The summed E-state index contributed by atoms with van der Waals surface area (Å²) < 4.78 is 0. The van der Waals surface area contributed by atoms with Crippen LogP contribution in [0.2, 0.25) is 0 Å². The first-order valence-electron chi connectivity index (χ1n) is 6.17. The second-order valence-electron chi connectivity index (χ2n) is 4.81. The molecule has 0 amide bonds. The molecular weight excluding hydrogens is 222 g/mol. The van der Waals surface area contributed by atoms with E-state index in [9.17, 15) is 4.79 Å². The predicted octanol–water partition coefficient (Wildman–Crippen LogP) is 4.01. The molecule has 0 saturated heterocycles. The summed E-state index contributed by atoms with van der Waals surface area (Å²) in [5, 5.41) is 2.44. The molecule has 1 N–H and O–H groups in total. The molecule has 2 aromatic carbocycles. The van der Waals surface area contributed by atoms with Crippen molar-refractivity contribution in [1.82, 2.24) is 4.98 Å². The van der Waals surface area contributed by atoms with E-state index in [-0.39, 0.29) is 11.7 Å². The number of hydrogen-bond acceptors (Lipinski definition) is 1. The summed E-state index contributed by atoms with van der Waals surface area (Å²) >= 11 is 0. The maximum atomic E-state index is 11.4. The van der Waals surface area contributed by atoms with E-state index in [4.69, 9.17) is 0 Å². The van der Waals surface area contributed by atoms with E-state index in [1.54, 1.807) is 6.92 Å². The number of H-pyrrole nitrogens is 1. The second-order valence-corrected chi connectivity index (χ2v) is 4.81. The van der Waals surface area contributed by atoms with Crippen LogP contribution in [-0.4, -0.2) is 10.8 Å². The highest BCUT2D eigenvalue weighted by Crippen LogP contribution is 2.28. The first kappa shape index (κ1) is 11.0. The Hall–Kier alpha value is -2.09. The average Bonchev–Trinajstić information content (AvgIpc) is 2.75. The maximum absolute atomic E-state index is 11.4. The Morgan fingerprint density at radius 2 is 1.78 bits per heavy atom. The van der Waals surface area contributed by atoms with Gasteiger partial charge in [0.05, 0.1) is 0 Å². The lowest BCUT2D eigenvalue weighted by molar-refractivity contribution is -0.118. The summed E-state index contributed by atoms with van der Waals surface area (Å²) in [6.45, 7) is 3.59. The first-order valence-corrected chi connectivity index (χ1v) is 6.17. The molecule has 90 valence electrons. The minimum Gasteiger partial charge on any atom is -0.355 e. The van der Waals surface area contributed by atoms with Gasteiger partial charge in [0.2, 0.25) is 0 Å². The van der Waals surface area contributed by atoms with Crippen molar-refractivity contribution < 1.29 is 4.79 Å². The van der Waals surface area contributed by atoms with Gasteiger partial charge >= 0.3 is 0 Å². The van der Waals surface area contributed by atoms with Gasteiger partial charge in [-0.2, -0.15) is 0 Å². The number of ketones is 1. The van der Waals surface area contributed by atoms with Gasteiger partial charge in [0.15, 0.2) is 0 Å². The number of hydrogen-bond donors (Lipinski definition) is 1. The highest BCUT2D eigenvalue weighted by Gasteiger charge is 2.12. The summed E-state index contributed by atoms with van der Waals surface area (Å²) in [4.78, 5) is 14.8. The summed E-state index contributed by atoms with van der Waals surface area (Å²) in [5.74, 6) is 0.159. The summed E-state index contributed by atoms with van der Waals surface area (Å²) in [6.07, 6.45) is 0. The Morgan fingerprint density at radius 1 is 1.06 bits per heavy atom. The fourth-order valence-corrected chi connectivity index (χ4v) is 2.38. The van der Waals surface area contributed by atoms with Gasteiger partial charge in [-0.1, -0.05) is 37.3 Å². The largest absolute Gasteiger partial charge is 0.355 e. The molecule has 2 heteroatoms. The number of para-hydroxylation sites is 1. The number of fused-ring (bicyclic) bond motifs is 3. The number of aromatic nitrogens is 1. The van der Waals surface area contributed by atoms with Gasteiger partial charge in [0.1, 0.15) is 5.78 Å². The third-order valence-electron chi connectivity index (χ3n) is 3.64. The van der Waals surface area contributed by atoms with E-state index in [0.29, 0.717) is 0 Å². The molecule has 0 spiro atoms. The predicted molar refractivity (Wildman–Crippen MR) is 74.9 cm³/mol. The van der Waals surface area contributed by atoms with Crippen LogP contribution < -0.4 is 0 Å². The van der Waals surface area contributed by atoms with Gasteiger partial charge in [0, 0.05) is 27.7 Å². The fraction of sp³-hybridized carbons (Fsp3) is 0.188. The molecule has 0 aliphatic rings. The van der Waals surface area contributed by atoms with Gasteiger partial charge < -0.3 is 4.98 Å². The zero-order valence-corrected chi connectivity index (χ0v) is 10.5. The molecule has 1 heterocycles. The Bertz CT molecular complexity index is 739. The molecule has 1 unspecified atom stereocenters. The normalized spacial score (nSPS) is 13.0. The molecular formula is C16H15NO. The van der Waals surface area contributed by atoms with Crippen LogP contribution in [0.1, 0.15) is 25.3 Å². The number of benzene rings is 2.